The number of imidazole rings is 1. The first-order chi connectivity index (χ1) is 19.6. The van der Waals surface area contributed by atoms with Crippen molar-refractivity contribution in [2.75, 3.05) is 11.9 Å². The average Bonchev–Trinajstić information content (AvgIpc) is 3.33. The van der Waals surface area contributed by atoms with Gasteiger partial charge in [-0.2, -0.15) is 17.7 Å². The second-order valence-corrected chi connectivity index (χ2v) is 13.2. The van der Waals surface area contributed by atoms with E-state index in [0.717, 1.165) is 23.5 Å². The molecule has 3 heterocycles. The summed E-state index contributed by atoms with van der Waals surface area (Å²) in [7, 11) is 2.19. The summed E-state index contributed by atoms with van der Waals surface area (Å²) < 4.78 is 4.55. The first-order valence-corrected chi connectivity index (χ1v) is 14.8. The molecule has 0 radical (unpaired) electrons. The fourth-order valence-electron chi connectivity index (χ4n) is 6.24. The van der Waals surface area contributed by atoms with Crippen LogP contribution in [0, 0.1) is 24.4 Å². The summed E-state index contributed by atoms with van der Waals surface area (Å²) in [5.74, 6) is 0.573. The van der Waals surface area contributed by atoms with Crippen molar-refractivity contribution in [2.24, 2.45) is 5.92 Å². The molecule has 216 valence electrons. The second kappa shape index (κ2) is 11.4. The van der Waals surface area contributed by atoms with Gasteiger partial charge in [-0.25, -0.2) is 0 Å². The van der Waals surface area contributed by atoms with Crippen molar-refractivity contribution >= 4 is 22.4 Å². The van der Waals surface area contributed by atoms with E-state index >= 15 is 0 Å². The van der Waals surface area contributed by atoms with Crippen molar-refractivity contribution in [3.05, 3.63) is 103 Å². The smallest absolute Gasteiger partial charge is 0.407 e. The van der Waals surface area contributed by atoms with E-state index in [-0.39, 0.29) is 30.9 Å². The van der Waals surface area contributed by atoms with Crippen LogP contribution in [0.5, 0.6) is 0 Å². The number of nitrogens with zero attached hydrogens (tertiary/aromatic N) is 4. The molecule has 0 unspecified atom stereocenters. The minimum Gasteiger partial charge on any atom is -0.407 e. The van der Waals surface area contributed by atoms with E-state index in [1.807, 2.05) is 42.5 Å². The molecule has 0 bridgehead atoms. The van der Waals surface area contributed by atoms with Gasteiger partial charge in [-0.05, 0) is 48.3 Å². The zero-order valence-corrected chi connectivity index (χ0v) is 28.1. The Kier molecular flexibility index (Phi) is 8.22. The van der Waals surface area contributed by atoms with Crippen LogP contribution in [0.3, 0.4) is 0 Å². The van der Waals surface area contributed by atoms with Gasteiger partial charge in [0.25, 0.3) is 0 Å². The Morgan fingerprint density at radius 1 is 0.929 bits per heavy atom. The van der Waals surface area contributed by atoms with E-state index in [0.29, 0.717) is 5.92 Å². The van der Waals surface area contributed by atoms with Crippen molar-refractivity contribution < 1.29 is 24.7 Å². The van der Waals surface area contributed by atoms with Gasteiger partial charge in [0.05, 0.1) is 17.6 Å². The van der Waals surface area contributed by atoms with Crippen LogP contribution >= 0.6 is 0 Å². The van der Waals surface area contributed by atoms with Crippen LogP contribution in [0.25, 0.3) is 28.0 Å². The summed E-state index contributed by atoms with van der Waals surface area (Å²) in [6.45, 7) is 15.0. The van der Waals surface area contributed by atoms with Crippen molar-refractivity contribution in [3.63, 3.8) is 0 Å². The molecule has 2 aromatic heterocycles. The van der Waals surface area contributed by atoms with E-state index in [1.54, 1.807) is 6.20 Å². The molecule has 0 atom stereocenters. The maximum absolute atomic E-state index is 4.22. The molecule has 7 rings (SSSR count). The van der Waals surface area contributed by atoms with Gasteiger partial charge in [-0.15, -0.1) is 41.5 Å². The summed E-state index contributed by atoms with van der Waals surface area (Å²) >= 11 is 0. The summed E-state index contributed by atoms with van der Waals surface area (Å²) in [6.07, 6.45) is 7.88. The Bertz CT molecular complexity index is 1660. The number of hydrogen-bond donors (Lipinski definition) is 0. The fourth-order valence-corrected chi connectivity index (χ4v) is 6.24. The van der Waals surface area contributed by atoms with Crippen LogP contribution in [0.4, 0.5) is 11.4 Å². The molecule has 0 N–H and O–H groups in total. The molecule has 0 fully saturated rings. The molecule has 42 heavy (non-hydrogen) atoms. The van der Waals surface area contributed by atoms with Crippen LogP contribution in [0.2, 0.25) is 0 Å². The van der Waals surface area contributed by atoms with Crippen LogP contribution in [-0.4, -0.2) is 16.6 Å². The summed E-state index contributed by atoms with van der Waals surface area (Å²) in [6, 6.07) is 29.8. The molecule has 1 aliphatic heterocycles. The molecule has 0 spiro atoms. The van der Waals surface area contributed by atoms with Crippen molar-refractivity contribution in [1.29, 1.82) is 0 Å². The van der Waals surface area contributed by atoms with Gasteiger partial charge in [0.2, 0.25) is 6.33 Å². The van der Waals surface area contributed by atoms with Crippen LogP contribution < -0.4 is 9.47 Å². The SMILES string of the molecule is CC(C)Cn1[c-][n+]2c3c(cccc31)N(C)c1cc3c([c-]c1-2)C(C)(C)CCC3(C)C.[Ir+3].[c-]1ccccc1-c1ccccn1. The first kappa shape index (κ1) is 30.2. The van der Waals surface area contributed by atoms with E-state index < -0.39 is 0 Å². The molecule has 5 aromatic rings. The number of pyridine rings is 1. The average molecular weight is 733 g/mol. The van der Waals surface area contributed by atoms with Crippen molar-refractivity contribution in [2.45, 2.75) is 71.8 Å². The molecular weight excluding hydrogens is 693 g/mol. The molecule has 2 aliphatic rings. The monoisotopic (exact) mass is 733 g/mol. The van der Waals surface area contributed by atoms with E-state index in [1.165, 1.54) is 46.4 Å². The summed E-state index contributed by atoms with van der Waals surface area (Å²) in [5, 5.41) is 0. The first-order valence-electron chi connectivity index (χ1n) is 14.8. The number of benzene rings is 3. The minimum atomic E-state index is 0. The molecule has 0 saturated heterocycles. The second-order valence-electron chi connectivity index (χ2n) is 13.2. The molecular formula is C37H40IrN4+. The Balaban J connectivity index is 0.000000228. The third-order valence-corrected chi connectivity index (χ3v) is 8.69. The standard InChI is InChI=1S/C26H32N3.C11H8N.Ir/c1-17(2)15-28-16-29-23-14-19-18(25(3,4)11-12-26(19,5)6)13-22(23)27(7)20-9-8-10-21(28)24(20)29;1-2-6-10(7-3-1)11-8-4-5-9-12-11;/h8-10,13,17H,11-12,15H2,1-7H3;1-6,8-9H;/q2*-1;+3. The van der Waals surface area contributed by atoms with E-state index in [9.17, 15) is 0 Å². The normalized spacial score (nSPS) is 15.8. The van der Waals surface area contributed by atoms with Gasteiger partial charge in [-0.3, -0.25) is 0 Å². The predicted octanol–water partition coefficient (Wildman–Crippen LogP) is 8.15. The fraction of sp³-hybridized carbons (Fsp3) is 0.351. The number of aromatic nitrogens is 3. The van der Waals surface area contributed by atoms with Gasteiger partial charge >= 0.3 is 20.1 Å². The molecule has 0 amide bonds. The number of anilines is 2. The minimum absolute atomic E-state index is 0. The topological polar surface area (TPSA) is 24.9 Å². The third kappa shape index (κ3) is 5.34. The molecule has 3 aromatic carbocycles. The maximum atomic E-state index is 4.22. The van der Waals surface area contributed by atoms with Gasteiger partial charge in [0.1, 0.15) is 0 Å². The van der Waals surface area contributed by atoms with Crippen molar-refractivity contribution in [3.8, 4) is 16.9 Å². The summed E-state index contributed by atoms with van der Waals surface area (Å²) in [5.41, 5.74) is 11.3. The van der Waals surface area contributed by atoms with Crippen molar-refractivity contribution in [1.82, 2.24) is 9.55 Å². The third-order valence-electron chi connectivity index (χ3n) is 8.69. The number of fused-ring (bicyclic) bond motifs is 3. The van der Waals surface area contributed by atoms with Crippen LogP contribution in [0.1, 0.15) is 65.5 Å². The largest absolute Gasteiger partial charge is 3.00 e. The summed E-state index contributed by atoms with van der Waals surface area (Å²) in [4.78, 5) is 6.56. The van der Waals surface area contributed by atoms with Crippen LogP contribution in [0.15, 0.2) is 72.9 Å². The van der Waals surface area contributed by atoms with Gasteiger partial charge < -0.3 is 19.0 Å². The van der Waals surface area contributed by atoms with E-state index in [2.05, 4.69) is 110 Å². The van der Waals surface area contributed by atoms with E-state index in [4.69, 9.17) is 0 Å². The van der Waals surface area contributed by atoms with Gasteiger partial charge in [0.15, 0.2) is 0 Å². The Morgan fingerprint density at radius 2 is 1.69 bits per heavy atom. The molecule has 5 heteroatoms. The molecule has 1 aliphatic carbocycles. The Hall–Kier alpha value is -3.27. The van der Waals surface area contributed by atoms with Gasteiger partial charge in [0, 0.05) is 11.9 Å². The van der Waals surface area contributed by atoms with Crippen LogP contribution in [-0.2, 0) is 37.5 Å². The maximum Gasteiger partial charge on any atom is 3.00 e. The Morgan fingerprint density at radius 3 is 2.38 bits per heavy atom. The predicted molar refractivity (Wildman–Crippen MR) is 168 cm³/mol. The molecule has 4 nitrogen and oxygen atoms in total. The Labute approximate surface area is 264 Å². The zero-order valence-electron chi connectivity index (χ0n) is 25.7. The molecule has 0 saturated carbocycles. The number of para-hydroxylation sites is 1. The quantitative estimate of drug-likeness (QED) is 0.138. The number of rotatable bonds is 3. The zero-order chi connectivity index (χ0) is 28.9. The number of hydrogen-bond acceptors (Lipinski definition) is 2. The van der Waals surface area contributed by atoms with Gasteiger partial charge in [-0.1, -0.05) is 83.3 Å².